The summed E-state index contributed by atoms with van der Waals surface area (Å²) < 4.78 is 26.8. The van der Waals surface area contributed by atoms with Crippen molar-refractivity contribution in [3.63, 3.8) is 0 Å². The molecule has 0 saturated carbocycles. The summed E-state index contributed by atoms with van der Waals surface area (Å²) in [4.78, 5) is 2.35. The van der Waals surface area contributed by atoms with Gasteiger partial charge in [0.25, 0.3) is 0 Å². The molecule has 3 saturated heterocycles. The van der Waals surface area contributed by atoms with Gasteiger partial charge in [0.15, 0.2) is 0 Å². The van der Waals surface area contributed by atoms with E-state index in [1.807, 2.05) is 6.92 Å². The zero-order chi connectivity index (χ0) is 12.5. The van der Waals surface area contributed by atoms with Crippen molar-refractivity contribution in [3.8, 4) is 0 Å². The summed E-state index contributed by atoms with van der Waals surface area (Å²) in [7, 11) is -3.18. The fourth-order valence-electron chi connectivity index (χ4n) is 2.80. The molecule has 1 N–H and O–H groups in total. The predicted octanol–water partition coefficient (Wildman–Crippen LogP) is 0.875. The van der Waals surface area contributed by atoms with Crippen LogP contribution < -0.4 is 4.72 Å². The van der Waals surface area contributed by atoms with Crippen LogP contribution in [-0.4, -0.2) is 50.6 Å². The Balaban J connectivity index is 1.92. The van der Waals surface area contributed by atoms with Crippen LogP contribution >= 0.6 is 11.6 Å². The molecule has 0 radical (unpaired) electrons. The fourth-order valence-corrected chi connectivity index (χ4v) is 4.73. The second-order valence-corrected chi connectivity index (χ2v) is 7.51. The largest absolute Gasteiger partial charge is 0.302 e. The van der Waals surface area contributed by atoms with Gasteiger partial charge < -0.3 is 4.90 Å². The lowest BCUT2D eigenvalue weighted by molar-refractivity contribution is 0.0827. The molecule has 3 aliphatic rings. The highest BCUT2D eigenvalue weighted by molar-refractivity contribution is 7.89. The third kappa shape index (κ3) is 3.56. The van der Waals surface area contributed by atoms with Gasteiger partial charge in [-0.15, -0.1) is 11.6 Å². The molecular weight excluding hydrogens is 260 g/mol. The number of piperidine rings is 3. The van der Waals surface area contributed by atoms with Crippen molar-refractivity contribution in [2.45, 2.75) is 25.8 Å². The van der Waals surface area contributed by atoms with Gasteiger partial charge in [0, 0.05) is 18.5 Å². The van der Waals surface area contributed by atoms with Crippen molar-refractivity contribution in [1.29, 1.82) is 0 Å². The molecule has 3 rings (SSSR count). The van der Waals surface area contributed by atoms with Crippen LogP contribution in [0.25, 0.3) is 0 Å². The minimum Gasteiger partial charge on any atom is -0.302 e. The van der Waals surface area contributed by atoms with E-state index in [-0.39, 0.29) is 17.7 Å². The van der Waals surface area contributed by atoms with Crippen LogP contribution in [0, 0.1) is 11.8 Å². The zero-order valence-electron chi connectivity index (χ0n) is 10.2. The predicted molar refractivity (Wildman–Crippen MR) is 69.8 cm³/mol. The summed E-state index contributed by atoms with van der Waals surface area (Å²) in [6.45, 7) is 4.99. The van der Waals surface area contributed by atoms with E-state index in [0.717, 1.165) is 32.5 Å². The van der Waals surface area contributed by atoms with Crippen LogP contribution in [0.2, 0.25) is 0 Å². The van der Waals surface area contributed by atoms with Crippen LogP contribution in [0.1, 0.15) is 19.8 Å². The Hall–Kier alpha value is 0.160. The Bertz CT molecular complexity index is 352. The maximum atomic E-state index is 12.0. The quantitative estimate of drug-likeness (QED) is 0.761. The lowest BCUT2D eigenvalue weighted by atomic mass is 9.85. The summed E-state index contributed by atoms with van der Waals surface area (Å²) >= 11 is 5.66. The zero-order valence-corrected chi connectivity index (χ0v) is 11.8. The van der Waals surface area contributed by atoms with Crippen LogP contribution in [0.5, 0.6) is 0 Å². The Labute approximate surface area is 109 Å². The van der Waals surface area contributed by atoms with Crippen molar-refractivity contribution >= 4 is 21.6 Å². The Morgan fingerprint density at radius 1 is 1.41 bits per heavy atom. The molecule has 3 aliphatic heterocycles. The van der Waals surface area contributed by atoms with Gasteiger partial charge in [-0.1, -0.05) is 6.92 Å². The van der Waals surface area contributed by atoms with E-state index in [1.165, 1.54) is 0 Å². The topological polar surface area (TPSA) is 49.4 Å². The van der Waals surface area contributed by atoms with Gasteiger partial charge in [-0.2, -0.15) is 0 Å². The minimum atomic E-state index is -3.18. The van der Waals surface area contributed by atoms with E-state index < -0.39 is 10.0 Å². The number of rotatable bonds is 5. The summed E-state index contributed by atoms with van der Waals surface area (Å²) in [6, 6.07) is 0.116. The average molecular weight is 281 g/mol. The molecule has 17 heavy (non-hydrogen) atoms. The smallest absolute Gasteiger partial charge is 0.212 e. The Morgan fingerprint density at radius 2 is 2.06 bits per heavy atom. The molecule has 0 aromatic rings. The van der Waals surface area contributed by atoms with E-state index in [4.69, 9.17) is 11.6 Å². The van der Waals surface area contributed by atoms with Gasteiger partial charge in [0.1, 0.15) is 0 Å². The first-order valence-electron chi connectivity index (χ1n) is 6.28. The summed E-state index contributed by atoms with van der Waals surface area (Å²) in [5, 5.41) is 0. The number of sulfonamides is 1. The van der Waals surface area contributed by atoms with Crippen LogP contribution in [0.15, 0.2) is 0 Å². The highest BCUT2D eigenvalue weighted by atomic mass is 35.5. The standard InChI is InChI=1S/C11H21ClN2O2S/c1-9(6-12)8-17(15,16)13-11-7-14-4-2-10(11)3-5-14/h9-11,13H,2-8H2,1H3. The molecule has 2 unspecified atom stereocenters. The molecule has 4 nitrogen and oxygen atoms in total. The first-order valence-corrected chi connectivity index (χ1v) is 8.47. The van der Waals surface area contributed by atoms with Gasteiger partial charge in [-0.25, -0.2) is 13.1 Å². The number of nitrogens with zero attached hydrogens (tertiary/aromatic N) is 1. The van der Waals surface area contributed by atoms with Crippen LogP contribution in [0.3, 0.4) is 0 Å². The maximum absolute atomic E-state index is 12.0. The van der Waals surface area contributed by atoms with Gasteiger partial charge >= 0.3 is 0 Å². The molecule has 0 aliphatic carbocycles. The van der Waals surface area contributed by atoms with Gasteiger partial charge in [-0.3, -0.25) is 0 Å². The highest BCUT2D eigenvalue weighted by Crippen LogP contribution is 2.27. The van der Waals surface area contributed by atoms with Crippen LogP contribution in [0.4, 0.5) is 0 Å². The molecule has 100 valence electrons. The van der Waals surface area contributed by atoms with E-state index in [1.54, 1.807) is 0 Å². The minimum absolute atomic E-state index is 0.00949. The van der Waals surface area contributed by atoms with Crippen molar-refractivity contribution in [3.05, 3.63) is 0 Å². The molecule has 2 bridgehead atoms. The second kappa shape index (κ2) is 5.43. The monoisotopic (exact) mass is 280 g/mol. The van der Waals surface area contributed by atoms with Crippen LogP contribution in [-0.2, 0) is 10.0 Å². The number of hydrogen-bond donors (Lipinski definition) is 1. The molecule has 0 aromatic carbocycles. The highest BCUT2D eigenvalue weighted by Gasteiger charge is 2.36. The number of hydrogen-bond acceptors (Lipinski definition) is 3. The molecule has 3 fully saturated rings. The third-order valence-electron chi connectivity index (χ3n) is 3.75. The lowest BCUT2D eigenvalue weighted by Gasteiger charge is -2.44. The first-order chi connectivity index (χ1) is 8.00. The molecule has 2 atom stereocenters. The van der Waals surface area contributed by atoms with E-state index >= 15 is 0 Å². The molecule has 3 heterocycles. The van der Waals surface area contributed by atoms with Crippen molar-refractivity contribution < 1.29 is 8.42 Å². The Kier molecular flexibility index (Phi) is 4.34. The van der Waals surface area contributed by atoms with Gasteiger partial charge in [0.05, 0.1) is 5.75 Å². The second-order valence-electron chi connectivity index (χ2n) is 5.40. The normalized spacial score (nSPS) is 34.8. The van der Waals surface area contributed by atoms with Crippen molar-refractivity contribution in [2.75, 3.05) is 31.3 Å². The van der Waals surface area contributed by atoms with Crippen molar-refractivity contribution in [1.82, 2.24) is 9.62 Å². The number of fused-ring (bicyclic) bond motifs is 3. The summed E-state index contributed by atoms with van der Waals surface area (Å²) in [6.07, 6.45) is 2.25. The van der Waals surface area contributed by atoms with E-state index in [9.17, 15) is 8.42 Å². The molecule has 0 spiro atoms. The maximum Gasteiger partial charge on any atom is 0.212 e. The summed E-state index contributed by atoms with van der Waals surface area (Å²) in [5.41, 5.74) is 0. The van der Waals surface area contributed by atoms with Gasteiger partial charge in [0.2, 0.25) is 10.0 Å². The lowest BCUT2D eigenvalue weighted by Crippen LogP contribution is -2.57. The Morgan fingerprint density at radius 3 is 2.53 bits per heavy atom. The summed E-state index contributed by atoms with van der Waals surface area (Å²) in [5.74, 6) is 1.07. The molecule has 0 amide bonds. The van der Waals surface area contributed by atoms with Crippen molar-refractivity contribution in [2.24, 2.45) is 11.8 Å². The first kappa shape index (κ1) is 13.6. The molecule has 6 heteroatoms. The fraction of sp³-hybridized carbons (Fsp3) is 1.00. The number of alkyl halides is 1. The number of nitrogens with one attached hydrogen (secondary N) is 1. The molecular formula is C11H21ClN2O2S. The molecule has 0 aromatic heterocycles. The third-order valence-corrected chi connectivity index (χ3v) is 5.95. The van der Waals surface area contributed by atoms with Gasteiger partial charge in [-0.05, 0) is 37.8 Å². The van der Waals surface area contributed by atoms with E-state index in [0.29, 0.717) is 11.8 Å². The van der Waals surface area contributed by atoms with E-state index in [2.05, 4.69) is 9.62 Å². The average Bonchev–Trinajstić information content (AvgIpc) is 2.29. The SMILES string of the molecule is CC(CCl)CS(=O)(=O)NC1CN2CCC1CC2. The number of halogens is 1.